The zero-order valence-electron chi connectivity index (χ0n) is 13.5. The Morgan fingerprint density at radius 1 is 1.14 bits per heavy atom. The third kappa shape index (κ3) is 4.68. The van der Waals surface area contributed by atoms with E-state index in [-0.39, 0.29) is 11.6 Å². The standard InChI is InChI=1S/C17H28ClN3/c1-17(2,3)21-12-10-20(11-13-21)9-8-16(19)14-6-4-5-7-15(14)18/h4-7,16H,8-13,19H2,1-3H3. The van der Waals surface area contributed by atoms with Crippen molar-refractivity contribution in [3.05, 3.63) is 34.9 Å². The zero-order chi connectivity index (χ0) is 15.5. The van der Waals surface area contributed by atoms with Gasteiger partial charge in [-0.2, -0.15) is 0 Å². The lowest BCUT2D eigenvalue weighted by Crippen LogP contribution is -2.53. The molecule has 21 heavy (non-hydrogen) atoms. The number of nitrogens with two attached hydrogens (primary N) is 1. The second kappa shape index (κ2) is 7.10. The van der Waals surface area contributed by atoms with Crippen LogP contribution in [0.4, 0.5) is 0 Å². The molecule has 1 unspecified atom stereocenters. The Bertz CT molecular complexity index is 448. The van der Waals surface area contributed by atoms with Gasteiger partial charge in [0.1, 0.15) is 0 Å². The summed E-state index contributed by atoms with van der Waals surface area (Å²) in [7, 11) is 0. The Balaban J connectivity index is 1.79. The van der Waals surface area contributed by atoms with Gasteiger partial charge in [-0.05, 0) is 38.8 Å². The summed E-state index contributed by atoms with van der Waals surface area (Å²) in [6.45, 7) is 12.5. The lowest BCUT2D eigenvalue weighted by molar-refractivity contribution is 0.0611. The highest BCUT2D eigenvalue weighted by Gasteiger charge is 2.25. The summed E-state index contributed by atoms with van der Waals surface area (Å²) in [5.74, 6) is 0. The first kappa shape index (κ1) is 16.8. The molecule has 0 saturated carbocycles. The van der Waals surface area contributed by atoms with Crippen LogP contribution in [0.3, 0.4) is 0 Å². The van der Waals surface area contributed by atoms with Gasteiger partial charge in [-0.15, -0.1) is 0 Å². The SMILES string of the molecule is CC(C)(C)N1CCN(CCC(N)c2ccccc2Cl)CC1. The van der Waals surface area contributed by atoms with Crippen molar-refractivity contribution in [1.29, 1.82) is 0 Å². The first-order valence-electron chi connectivity index (χ1n) is 7.85. The number of benzene rings is 1. The molecule has 4 heteroatoms. The number of piperazine rings is 1. The van der Waals surface area contributed by atoms with E-state index in [1.807, 2.05) is 24.3 Å². The van der Waals surface area contributed by atoms with E-state index in [0.29, 0.717) is 0 Å². The Hall–Kier alpha value is -0.610. The van der Waals surface area contributed by atoms with Crippen LogP contribution in [0, 0.1) is 0 Å². The Labute approximate surface area is 134 Å². The monoisotopic (exact) mass is 309 g/mol. The van der Waals surface area contributed by atoms with E-state index in [1.54, 1.807) is 0 Å². The van der Waals surface area contributed by atoms with Crippen LogP contribution in [-0.4, -0.2) is 48.1 Å². The smallest absolute Gasteiger partial charge is 0.0453 e. The maximum absolute atomic E-state index is 6.29. The van der Waals surface area contributed by atoms with Crippen LogP contribution in [-0.2, 0) is 0 Å². The van der Waals surface area contributed by atoms with Gasteiger partial charge in [-0.3, -0.25) is 4.90 Å². The van der Waals surface area contributed by atoms with Crippen molar-refractivity contribution in [3.8, 4) is 0 Å². The largest absolute Gasteiger partial charge is 0.324 e. The maximum atomic E-state index is 6.29. The first-order valence-corrected chi connectivity index (χ1v) is 8.23. The molecule has 1 aromatic carbocycles. The van der Waals surface area contributed by atoms with Crippen molar-refractivity contribution < 1.29 is 0 Å². The summed E-state index contributed by atoms with van der Waals surface area (Å²) in [4.78, 5) is 5.07. The maximum Gasteiger partial charge on any atom is 0.0453 e. The van der Waals surface area contributed by atoms with Crippen LogP contribution >= 0.6 is 11.6 Å². The van der Waals surface area contributed by atoms with E-state index in [0.717, 1.165) is 49.7 Å². The molecule has 3 nitrogen and oxygen atoms in total. The van der Waals surface area contributed by atoms with Gasteiger partial charge < -0.3 is 10.6 Å². The number of halogens is 1. The molecule has 1 atom stereocenters. The lowest BCUT2D eigenvalue weighted by atomic mass is 10.0. The number of hydrogen-bond acceptors (Lipinski definition) is 3. The molecule has 1 fully saturated rings. The number of hydrogen-bond donors (Lipinski definition) is 1. The molecule has 0 aromatic heterocycles. The van der Waals surface area contributed by atoms with Crippen LogP contribution in [0.25, 0.3) is 0 Å². The molecule has 0 aliphatic carbocycles. The first-order chi connectivity index (χ1) is 9.88. The Morgan fingerprint density at radius 2 is 1.76 bits per heavy atom. The van der Waals surface area contributed by atoms with E-state index in [2.05, 4.69) is 30.6 Å². The summed E-state index contributed by atoms with van der Waals surface area (Å²) in [5, 5.41) is 0.780. The fourth-order valence-electron chi connectivity index (χ4n) is 2.90. The predicted molar refractivity (Wildman–Crippen MR) is 90.8 cm³/mol. The van der Waals surface area contributed by atoms with Crippen LogP contribution < -0.4 is 5.73 Å². The van der Waals surface area contributed by atoms with Crippen molar-refractivity contribution in [2.24, 2.45) is 5.73 Å². The minimum atomic E-state index is 0.0272. The van der Waals surface area contributed by atoms with E-state index in [4.69, 9.17) is 17.3 Å². The van der Waals surface area contributed by atoms with Gasteiger partial charge in [0.05, 0.1) is 0 Å². The summed E-state index contributed by atoms with van der Waals surface area (Å²) in [6, 6.07) is 7.93. The van der Waals surface area contributed by atoms with Crippen LogP contribution in [0.1, 0.15) is 38.8 Å². The molecule has 0 spiro atoms. The molecule has 1 aliphatic rings. The highest BCUT2D eigenvalue weighted by atomic mass is 35.5. The van der Waals surface area contributed by atoms with Crippen molar-refractivity contribution in [3.63, 3.8) is 0 Å². The molecular weight excluding hydrogens is 282 g/mol. The van der Waals surface area contributed by atoms with Gasteiger partial charge in [0.25, 0.3) is 0 Å². The fraction of sp³-hybridized carbons (Fsp3) is 0.647. The van der Waals surface area contributed by atoms with Gasteiger partial charge >= 0.3 is 0 Å². The van der Waals surface area contributed by atoms with Gasteiger partial charge in [0.2, 0.25) is 0 Å². The highest BCUT2D eigenvalue weighted by Crippen LogP contribution is 2.23. The highest BCUT2D eigenvalue weighted by molar-refractivity contribution is 6.31. The number of nitrogens with zero attached hydrogens (tertiary/aromatic N) is 2. The summed E-state index contributed by atoms with van der Waals surface area (Å²) >= 11 is 6.21. The third-order valence-corrected chi connectivity index (χ3v) is 4.73. The topological polar surface area (TPSA) is 32.5 Å². The second-order valence-corrected chi connectivity index (χ2v) is 7.32. The van der Waals surface area contributed by atoms with Gasteiger partial charge in [0.15, 0.2) is 0 Å². The van der Waals surface area contributed by atoms with E-state index >= 15 is 0 Å². The molecule has 118 valence electrons. The minimum absolute atomic E-state index is 0.0272. The summed E-state index contributed by atoms with van der Waals surface area (Å²) in [5.41, 5.74) is 7.63. The quantitative estimate of drug-likeness (QED) is 0.927. The van der Waals surface area contributed by atoms with Crippen molar-refractivity contribution in [1.82, 2.24) is 9.80 Å². The minimum Gasteiger partial charge on any atom is -0.324 e. The molecule has 1 heterocycles. The Kier molecular flexibility index (Phi) is 5.67. The van der Waals surface area contributed by atoms with Crippen LogP contribution in [0.15, 0.2) is 24.3 Å². The normalized spacial score (nSPS) is 19.7. The second-order valence-electron chi connectivity index (χ2n) is 6.92. The van der Waals surface area contributed by atoms with Gasteiger partial charge in [-0.1, -0.05) is 29.8 Å². The molecule has 0 radical (unpaired) electrons. The van der Waals surface area contributed by atoms with Gasteiger partial charge in [-0.25, -0.2) is 0 Å². The molecule has 2 rings (SSSR count). The van der Waals surface area contributed by atoms with Crippen molar-refractivity contribution in [2.45, 2.75) is 38.8 Å². The molecule has 1 aromatic rings. The fourth-order valence-corrected chi connectivity index (χ4v) is 3.17. The van der Waals surface area contributed by atoms with Crippen LogP contribution in [0.5, 0.6) is 0 Å². The Morgan fingerprint density at radius 3 is 2.33 bits per heavy atom. The number of rotatable bonds is 4. The van der Waals surface area contributed by atoms with Crippen LogP contribution in [0.2, 0.25) is 5.02 Å². The molecule has 1 saturated heterocycles. The average molecular weight is 310 g/mol. The summed E-state index contributed by atoms with van der Waals surface area (Å²) < 4.78 is 0. The molecule has 0 amide bonds. The molecule has 2 N–H and O–H groups in total. The van der Waals surface area contributed by atoms with Gasteiger partial charge in [0, 0.05) is 49.3 Å². The van der Waals surface area contributed by atoms with E-state index in [9.17, 15) is 0 Å². The third-order valence-electron chi connectivity index (χ3n) is 4.38. The summed E-state index contributed by atoms with van der Waals surface area (Å²) in [6.07, 6.45) is 0.958. The van der Waals surface area contributed by atoms with E-state index < -0.39 is 0 Å². The predicted octanol–water partition coefficient (Wildman–Crippen LogP) is 3.15. The van der Waals surface area contributed by atoms with Crippen molar-refractivity contribution >= 4 is 11.6 Å². The van der Waals surface area contributed by atoms with Crippen molar-refractivity contribution in [2.75, 3.05) is 32.7 Å². The van der Waals surface area contributed by atoms with E-state index in [1.165, 1.54) is 0 Å². The molecule has 0 bridgehead atoms. The molecular formula is C17H28ClN3. The zero-order valence-corrected chi connectivity index (χ0v) is 14.2. The lowest BCUT2D eigenvalue weighted by Gasteiger charge is -2.42. The average Bonchev–Trinajstić information content (AvgIpc) is 2.45. The molecule has 1 aliphatic heterocycles.